The van der Waals surface area contributed by atoms with Gasteiger partial charge < -0.3 is 10.6 Å². The number of aliphatic imine (C=N–C) groups is 1. The lowest BCUT2D eigenvalue weighted by molar-refractivity contribution is 0.863. The third-order valence-electron chi connectivity index (χ3n) is 1.73. The molecular formula is C11H17N3S. The van der Waals surface area contributed by atoms with E-state index in [9.17, 15) is 0 Å². The number of nitrogens with one attached hydrogen (secondary N) is 2. The van der Waals surface area contributed by atoms with E-state index >= 15 is 0 Å². The Morgan fingerprint density at radius 3 is 3.07 bits per heavy atom. The van der Waals surface area contributed by atoms with Gasteiger partial charge in [-0.1, -0.05) is 12.1 Å². The van der Waals surface area contributed by atoms with Crippen LogP contribution in [0.4, 0.5) is 0 Å². The largest absolute Gasteiger partial charge is 0.357 e. The Morgan fingerprint density at radius 2 is 2.47 bits per heavy atom. The van der Waals surface area contributed by atoms with E-state index in [4.69, 9.17) is 0 Å². The van der Waals surface area contributed by atoms with E-state index < -0.39 is 0 Å². The maximum Gasteiger partial charge on any atom is 0.191 e. The van der Waals surface area contributed by atoms with E-state index in [0.717, 1.165) is 25.6 Å². The van der Waals surface area contributed by atoms with Crippen LogP contribution in [0.1, 0.15) is 11.8 Å². The summed E-state index contributed by atoms with van der Waals surface area (Å²) in [6, 6.07) is 4.13. The molecule has 0 amide bonds. The number of hydrogen-bond donors (Lipinski definition) is 2. The Bertz CT molecular complexity index is 304. The zero-order valence-corrected chi connectivity index (χ0v) is 9.81. The summed E-state index contributed by atoms with van der Waals surface area (Å²) in [6.07, 6.45) is 1.82. The maximum absolute atomic E-state index is 4.45. The van der Waals surface area contributed by atoms with Gasteiger partial charge in [0.15, 0.2) is 5.96 Å². The van der Waals surface area contributed by atoms with E-state index in [2.05, 4.69) is 40.6 Å². The molecule has 0 atom stereocenters. The fourth-order valence-corrected chi connectivity index (χ4v) is 1.70. The third-order valence-corrected chi connectivity index (χ3v) is 2.59. The summed E-state index contributed by atoms with van der Waals surface area (Å²) in [5, 5.41) is 8.40. The first-order valence-corrected chi connectivity index (χ1v) is 5.90. The highest BCUT2D eigenvalue weighted by Crippen LogP contribution is 2.08. The maximum atomic E-state index is 4.45. The molecule has 0 bridgehead atoms. The summed E-state index contributed by atoms with van der Waals surface area (Å²) in [7, 11) is 0. The molecule has 82 valence electrons. The number of nitrogens with zero attached hydrogens (tertiary/aromatic N) is 1. The smallest absolute Gasteiger partial charge is 0.191 e. The molecule has 2 N–H and O–H groups in total. The highest BCUT2D eigenvalue weighted by molar-refractivity contribution is 7.09. The molecular weight excluding hydrogens is 206 g/mol. The van der Waals surface area contributed by atoms with Gasteiger partial charge >= 0.3 is 0 Å². The topological polar surface area (TPSA) is 36.4 Å². The number of rotatable bonds is 5. The van der Waals surface area contributed by atoms with Crippen molar-refractivity contribution < 1.29 is 0 Å². The minimum atomic E-state index is 0.726. The molecule has 15 heavy (non-hydrogen) atoms. The Hall–Kier alpha value is -1.29. The average molecular weight is 223 g/mol. The van der Waals surface area contributed by atoms with Crippen molar-refractivity contribution in [2.75, 3.05) is 13.1 Å². The van der Waals surface area contributed by atoms with Gasteiger partial charge in [0.25, 0.3) is 0 Å². The minimum absolute atomic E-state index is 0.726. The molecule has 0 aliphatic rings. The number of guanidine groups is 1. The van der Waals surface area contributed by atoms with Crippen molar-refractivity contribution in [3.05, 3.63) is 35.0 Å². The molecule has 0 radical (unpaired) electrons. The predicted molar refractivity (Wildman–Crippen MR) is 67.3 cm³/mol. The molecule has 4 heteroatoms. The Balaban J connectivity index is 2.46. The van der Waals surface area contributed by atoms with E-state index in [0.29, 0.717) is 0 Å². The highest BCUT2D eigenvalue weighted by Gasteiger charge is 1.95. The second kappa shape index (κ2) is 7.06. The van der Waals surface area contributed by atoms with Crippen LogP contribution in [0, 0.1) is 0 Å². The molecule has 1 rings (SSSR count). The minimum Gasteiger partial charge on any atom is -0.357 e. The first kappa shape index (κ1) is 11.8. The van der Waals surface area contributed by atoms with Gasteiger partial charge in [-0.2, -0.15) is 0 Å². The Kier molecular flexibility index (Phi) is 5.55. The fourth-order valence-electron chi connectivity index (χ4n) is 1.07. The summed E-state index contributed by atoms with van der Waals surface area (Å²) in [5.41, 5.74) is 0. The van der Waals surface area contributed by atoms with Crippen LogP contribution in [-0.4, -0.2) is 19.0 Å². The predicted octanol–water partition coefficient (Wildman–Crippen LogP) is 1.99. The second-order valence-corrected chi connectivity index (χ2v) is 3.98. The second-order valence-electron chi connectivity index (χ2n) is 2.94. The number of hydrogen-bond acceptors (Lipinski definition) is 2. The van der Waals surface area contributed by atoms with Gasteiger partial charge in [-0.3, -0.25) is 0 Å². The van der Waals surface area contributed by atoms with Gasteiger partial charge in [-0.05, 0) is 18.4 Å². The number of thiophene rings is 1. The summed E-state index contributed by atoms with van der Waals surface area (Å²) in [6.45, 7) is 8.04. The zero-order chi connectivity index (χ0) is 10.9. The van der Waals surface area contributed by atoms with Gasteiger partial charge in [0.1, 0.15) is 0 Å². The lowest BCUT2D eigenvalue weighted by atomic mass is 10.5. The van der Waals surface area contributed by atoms with Crippen molar-refractivity contribution in [3.8, 4) is 0 Å². The van der Waals surface area contributed by atoms with Crippen molar-refractivity contribution in [2.45, 2.75) is 13.5 Å². The Labute approximate surface area is 94.9 Å². The first-order chi connectivity index (χ1) is 7.36. The molecule has 0 aliphatic carbocycles. The van der Waals surface area contributed by atoms with Gasteiger partial charge in [-0.25, -0.2) is 4.99 Å². The molecule has 0 fully saturated rings. The molecule has 1 aromatic heterocycles. The van der Waals surface area contributed by atoms with Crippen molar-refractivity contribution in [1.29, 1.82) is 0 Å². The molecule has 0 aliphatic heterocycles. The zero-order valence-electron chi connectivity index (χ0n) is 8.99. The first-order valence-electron chi connectivity index (χ1n) is 5.02. The van der Waals surface area contributed by atoms with Crippen LogP contribution in [0.3, 0.4) is 0 Å². The van der Waals surface area contributed by atoms with Crippen LogP contribution in [-0.2, 0) is 6.54 Å². The van der Waals surface area contributed by atoms with E-state index in [1.165, 1.54) is 4.88 Å². The van der Waals surface area contributed by atoms with Gasteiger partial charge in [0, 0.05) is 18.0 Å². The van der Waals surface area contributed by atoms with Crippen LogP contribution in [0.5, 0.6) is 0 Å². The van der Waals surface area contributed by atoms with E-state index in [1.807, 2.05) is 12.1 Å². The van der Waals surface area contributed by atoms with Crippen LogP contribution in [0.25, 0.3) is 0 Å². The normalized spacial score (nSPS) is 11.1. The summed E-state index contributed by atoms with van der Waals surface area (Å²) < 4.78 is 0. The lowest BCUT2D eigenvalue weighted by Gasteiger charge is -2.08. The van der Waals surface area contributed by atoms with E-state index in [1.54, 1.807) is 11.3 Å². The van der Waals surface area contributed by atoms with Crippen LogP contribution < -0.4 is 10.6 Å². The summed E-state index contributed by atoms with van der Waals surface area (Å²) >= 11 is 1.72. The van der Waals surface area contributed by atoms with Crippen molar-refractivity contribution in [2.24, 2.45) is 4.99 Å². The van der Waals surface area contributed by atoms with Gasteiger partial charge in [0.2, 0.25) is 0 Å². The Morgan fingerprint density at radius 1 is 1.60 bits per heavy atom. The van der Waals surface area contributed by atoms with Crippen LogP contribution in [0.15, 0.2) is 35.2 Å². The fraction of sp³-hybridized carbons (Fsp3) is 0.364. The molecule has 0 unspecified atom stereocenters. The molecule has 3 nitrogen and oxygen atoms in total. The molecule has 1 heterocycles. The highest BCUT2D eigenvalue weighted by atomic mass is 32.1. The summed E-state index contributed by atoms with van der Waals surface area (Å²) in [4.78, 5) is 5.72. The van der Waals surface area contributed by atoms with Crippen LogP contribution >= 0.6 is 11.3 Å². The van der Waals surface area contributed by atoms with Crippen LogP contribution in [0.2, 0.25) is 0 Å². The quantitative estimate of drug-likeness (QED) is 0.455. The molecule has 0 saturated heterocycles. The van der Waals surface area contributed by atoms with E-state index in [-0.39, 0.29) is 0 Å². The molecule has 0 spiro atoms. The van der Waals surface area contributed by atoms with Crippen molar-refractivity contribution in [1.82, 2.24) is 10.6 Å². The van der Waals surface area contributed by atoms with Crippen molar-refractivity contribution in [3.63, 3.8) is 0 Å². The molecule has 1 aromatic rings. The van der Waals surface area contributed by atoms with Gasteiger partial charge in [-0.15, -0.1) is 17.9 Å². The SMILES string of the molecule is C=CCNC(=NCc1cccs1)NCC. The van der Waals surface area contributed by atoms with Gasteiger partial charge in [0.05, 0.1) is 6.54 Å². The molecule has 0 aromatic carbocycles. The average Bonchev–Trinajstić information content (AvgIpc) is 2.75. The summed E-state index contributed by atoms with van der Waals surface area (Å²) in [5.74, 6) is 0.839. The monoisotopic (exact) mass is 223 g/mol. The molecule has 0 saturated carbocycles. The lowest BCUT2D eigenvalue weighted by Crippen LogP contribution is -2.37. The van der Waals surface area contributed by atoms with Crippen molar-refractivity contribution >= 4 is 17.3 Å². The standard InChI is InChI=1S/C11H17N3S/c1-3-7-13-11(12-4-2)14-9-10-6-5-8-15-10/h3,5-6,8H,1,4,7,9H2,2H3,(H2,12,13,14). The third kappa shape index (κ3) is 4.65.